The molecule has 0 aliphatic rings. The average molecular weight is 435 g/mol. The molecular weight excluding hydrogens is 420 g/mol. The Morgan fingerprint density at radius 2 is 1.65 bits per heavy atom. The summed E-state index contributed by atoms with van der Waals surface area (Å²) >= 11 is 6.34. The number of fused-ring (bicyclic) bond motifs is 1. The fourth-order valence-corrected chi connectivity index (χ4v) is 3.18. The lowest BCUT2D eigenvalue weighted by molar-refractivity contribution is 0.0696. The molecule has 1 amide bonds. The summed E-state index contributed by atoms with van der Waals surface area (Å²) in [4.78, 5) is 27.6. The van der Waals surface area contributed by atoms with Crippen LogP contribution in [0.3, 0.4) is 0 Å². The van der Waals surface area contributed by atoms with Gasteiger partial charge >= 0.3 is 5.97 Å². The first-order valence-electron chi connectivity index (χ1n) is 9.11. The summed E-state index contributed by atoms with van der Waals surface area (Å²) < 4.78 is 5.88. The van der Waals surface area contributed by atoms with Crippen molar-refractivity contribution >= 4 is 40.1 Å². The fourth-order valence-electron chi connectivity index (χ4n) is 2.96. The van der Waals surface area contributed by atoms with E-state index in [0.717, 1.165) is 0 Å². The van der Waals surface area contributed by atoms with Crippen LogP contribution in [-0.4, -0.2) is 27.1 Å². The molecule has 31 heavy (non-hydrogen) atoms. The van der Waals surface area contributed by atoms with Crippen LogP contribution in [0.1, 0.15) is 20.7 Å². The monoisotopic (exact) mass is 434 g/mol. The molecule has 0 atom stereocenters. The third-order valence-electron chi connectivity index (χ3n) is 4.51. The van der Waals surface area contributed by atoms with Gasteiger partial charge in [-0.2, -0.15) is 0 Å². The number of aromatic hydroxyl groups is 1. The zero-order chi connectivity index (χ0) is 22.0. The molecule has 8 heteroatoms. The van der Waals surface area contributed by atoms with Crippen LogP contribution >= 0.6 is 11.6 Å². The summed E-state index contributed by atoms with van der Waals surface area (Å²) in [6.07, 6.45) is 1.60. The second kappa shape index (κ2) is 8.33. The molecule has 0 saturated heterocycles. The third-order valence-corrected chi connectivity index (χ3v) is 4.81. The molecule has 4 aromatic rings. The summed E-state index contributed by atoms with van der Waals surface area (Å²) in [5.74, 6) is -0.606. The Morgan fingerprint density at radius 3 is 2.35 bits per heavy atom. The maximum absolute atomic E-state index is 12.4. The van der Waals surface area contributed by atoms with Crippen LogP contribution in [0.2, 0.25) is 5.02 Å². The van der Waals surface area contributed by atoms with Gasteiger partial charge < -0.3 is 20.3 Å². The van der Waals surface area contributed by atoms with Crippen molar-refractivity contribution in [3.63, 3.8) is 0 Å². The van der Waals surface area contributed by atoms with Crippen molar-refractivity contribution in [2.45, 2.75) is 0 Å². The number of hydrogen-bond donors (Lipinski definition) is 3. The maximum atomic E-state index is 12.4. The van der Waals surface area contributed by atoms with Gasteiger partial charge in [-0.25, -0.2) is 4.79 Å². The highest BCUT2D eigenvalue weighted by Crippen LogP contribution is 2.36. The highest BCUT2D eigenvalue weighted by atomic mass is 35.5. The highest BCUT2D eigenvalue weighted by Gasteiger charge is 2.13. The number of aromatic carboxylic acids is 1. The first kappa shape index (κ1) is 20.2. The minimum absolute atomic E-state index is 0.0935. The number of ether oxygens (including phenoxy) is 1. The number of phenolic OH excluding ortho intramolecular Hbond substituents is 1. The van der Waals surface area contributed by atoms with E-state index >= 15 is 0 Å². The van der Waals surface area contributed by atoms with Gasteiger partial charge in [0, 0.05) is 22.8 Å². The lowest BCUT2D eigenvalue weighted by Crippen LogP contribution is -2.12. The normalized spacial score (nSPS) is 10.6. The van der Waals surface area contributed by atoms with Crippen LogP contribution < -0.4 is 10.1 Å². The van der Waals surface area contributed by atoms with Crippen molar-refractivity contribution in [3.8, 4) is 17.2 Å². The van der Waals surface area contributed by atoms with Crippen molar-refractivity contribution < 1.29 is 24.5 Å². The summed E-state index contributed by atoms with van der Waals surface area (Å²) in [6, 6.07) is 16.9. The Morgan fingerprint density at radius 1 is 0.935 bits per heavy atom. The van der Waals surface area contributed by atoms with Crippen molar-refractivity contribution in [1.82, 2.24) is 4.98 Å². The van der Waals surface area contributed by atoms with Gasteiger partial charge in [-0.1, -0.05) is 11.6 Å². The van der Waals surface area contributed by atoms with E-state index < -0.39 is 11.9 Å². The molecule has 0 bridgehead atoms. The van der Waals surface area contributed by atoms with Crippen LogP contribution in [-0.2, 0) is 0 Å². The molecule has 0 radical (unpaired) electrons. The topological polar surface area (TPSA) is 109 Å². The minimum Gasteiger partial charge on any atom is -0.507 e. The average Bonchev–Trinajstić information content (AvgIpc) is 2.77. The van der Waals surface area contributed by atoms with Crippen LogP contribution in [0.25, 0.3) is 10.9 Å². The standard InChI is InChI=1S/C23H15ClN2O5/c24-17-12-15(26-22(28)13-3-5-14(6-4-13)23(29)30)7-9-19(17)31-20-10-8-18(27)16-2-1-11-25-21(16)20/h1-12,27H,(H,26,28)(H,29,30). The van der Waals surface area contributed by atoms with Gasteiger partial charge in [0.25, 0.3) is 5.91 Å². The summed E-state index contributed by atoms with van der Waals surface area (Å²) in [5.41, 5.74) is 1.33. The first-order chi connectivity index (χ1) is 14.9. The molecule has 4 rings (SSSR count). The number of carboxylic acid groups (broad SMARTS) is 1. The quantitative estimate of drug-likeness (QED) is 0.391. The number of halogens is 1. The lowest BCUT2D eigenvalue weighted by Gasteiger charge is -2.12. The predicted octanol–water partition coefficient (Wildman–Crippen LogP) is 5.34. The van der Waals surface area contributed by atoms with Crippen molar-refractivity contribution in [1.29, 1.82) is 0 Å². The van der Waals surface area contributed by atoms with Gasteiger partial charge in [0.2, 0.25) is 0 Å². The number of pyridine rings is 1. The van der Waals surface area contributed by atoms with E-state index in [1.54, 1.807) is 36.5 Å². The number of aromatic nitrogens is 1. The van der Waals surface area contributed by atoms with Crippen LogP contribution in [0, 0.1) is 0 Å². The van der Waals surface area contributed by atoms with Crippen LogP contribution in [0.5, 0.6) is 17.2 Å². The lowest BCUT2D eigenvalue weighted by atomic mass is 10.1. The van der Waals surface area contributed by atoms with E-state index in [1.807, 2.05) is 0 Å². The number of hydrogen-bond acceptors (Lipinski definition) is 5. The van der Waals surface area contributed by atoms with Crippen LogP contribution in [0.15, 0.2) is 72.9 Å². The molecule has 0 fully saturated rings. The second-order valence-corrected chi connectivity index (χ2v) is 6.97. The van der Waals surface area contributed by atoms with Gasteiger partial charge in [-0.05, 0) is 66.7 Å². The number of rotatable bonds is 5. The molecule has 154 valence electrons. The number of carbonyl (C=O) groups is 2. The molecule has 0 aliphatic carbocycles. The summed E-state index contributed by atoms with van der Waals surface area (Å²) in [6.45, 7) is 0. The Bertz CT molecular complexity index is 1310. The Hall–Kier alpha value is -4.10. The molecule has 0 saturated carbocycles. The molecule has 0 unspecified atom stereocenters. The van der Waals surface area contributed by atoms with E-state index in [1.165, 1.54) is 36.4 Å². The van der Waals surface area contributed by atoms with Gasteiger partial charge in [-0.15, -0.1) is 0 Å². The fraction of sp³-hybridized carbons (Fsp3) is 0. The minimum atomic E-state index is -1.06. The zero-order valence-corrected chi connectivity index (χ0v) is 16.6. The number of anilines is 1. The van der Waals surface area contributed by atoms with Gasteiger partial charge in [0.1, 0.15) is 17.0 Å². The molecule has 3 N–H and O–H groups in total. The molecule has 3 aromatic carbocycles. The van der Waals surface area contributed by atoms with E-state index in [0.29, 0.717) is 33.7 Å². The van der Waals surface area contributed by atoms with Gasteiger partial charge in [0.05, 0.1) is 10.6 Å². The number of carbonyl (C=O) groups excluding carboxylic acids is 1. The Balaban J connectivity index is 1.53. The van der Waals surface area contributed by atoms with Crippen LogP contribution in [0.4, 0.5) is 5.69 Å². The van der Waals surface area contributed by atoms with Crippen molar-refractivity contribution in [3.05, 3.63) is 89.1 Å². The largest absolute Gasteiger partial charge is 0.507 e. The Kier molecular flexibility index (Phi) is 5.43. The molecule has 1 heterocycles. The second-order valence-electron chi connectivity index (χ2n) is 6.57. The zero-order valence-electron chi connectivity index (χ0n) is 15.9. The number of benzene rings is 3. The van der Waals surface area contributed by atoms with E-state index in [2.05, 4.69) is 10.3 Å². The number of nitrogens with one attached hydrogen (secondary N) is 1. The molecular formula is C23H15ClN2O5. The van der Waals surface area contributed by atoms with E-state index in [9.17, 15) is 14.7 Å². The summed E-state index contributed by atoms with van der Waals surface area (Å²) in [7, 11) is 0. The number of phenols is 1. The van der Waals surface area contributed by atoms with Crippen molar-refractivity contribution in [2.24, 2.45) is 0 Å². The molecule has 7 nitrogen and oxygen atoms in total. The highest BCUT2D eigenvalue weighted by molar-refractivity contribution is 6.32. The molecule has 1 aromatic heterocycles. The predicted molar refractivity (Wildman–Crippen MR) is 116 cm³/mol. The SMILES string of the molecule is O=C(O)c1ccc(C(=O)Nc2ccc(Oc3ccc(O)c4cccnc34)c(Cl)c2)cc1. The maximum Gasteiger partial charge on any atom is 0.335 e. The molecule has 0 spiro atoms. The van der Waals surface area contributed by atoms with Gasteiger partial charge in [-0.3, -0.25) is 9.78 Å². The van der Waals surface area contributed by atoms with Crippen molar-refractivity contribution in [2.75, 3.05) is 5.32 Å². The number of amides is 1. The third kappa shape index (κ3) is 4.26. The number of nitrogens with zero attached hydrogens (tertiary/aromatic N) is 1. The smallest absolute Gasteiger partial charge is 0.335 e. The van der Waals surface area contributed by atoms with E-state index in [-0.39, 0.29) is 16.3 Å². The first-order valence-corrected chi connectivity index (χ1v) is 9.49. The van der Waals surface area contributed by atoms with E-state index in [4.69, 9.17) is 21.4 Å². The Labute approximate surface area is 181 Å². The summed E-state index contributed by atoms with van der Waals surface area (Å²) in [5, 5.41) is 22.4. The number of carboxylic acids is 1. The molecule has 0 aliphatic heterocycles. The van der Waals surface area contributed by atoms with Gasteiger partial charge in [0.15, 0.2) is 5.75 Å².